The highest BCUT2D eigenvalue weighted by molar-refractivity contribution is 5.48. The summed E-state index contributed by atoms with van der Waals surface area (Å²) in [5.41, 5.74) is 4.31. The number of anilines is 1. The molecule has 0 fully saturated rings. The van der Waals surface area contributed by atoms with Gasteiger partial charge in [-0.25, -0.2) is 10.5 Å². The van der Waals surface area contributed by atoms with Crippen LogP contribution in [0.5, 0.6) is 0 Å². The molecule has 3 atom stereocenters. The second-order valence-electron chi connectivity index (χ2n) is 3.33. The maximum atomic E-state index is 7.66. The van der Waals surface area contributed by atoms with Crippen molar-refractivity contribution in [2.45, 2.75) is 0 Å². The van der Waals surface area contributed by atoms with E-state index in [2.05, 4.69) is 5.43 Å². The van der Waals surface area contributed by atoms with Crippen molar-refractivity contribution in [3.63, 3.8) is 0 Å². The molecule has 0 bridgehead atoms. The first-order chi connectivity index (χ1) is 7.00. The minimum atomic E-state index is 0.210. The molecule has 0 heterocycles. The Bertz CT molecular complexity index is 312. The van der Waals surface area contributed by atoms with E-state index in [0.29, 0.717) is 10.8 Å². The Labute approximate surface area is 88.9 Å². The van der Waals surface area contributed by atoms with Crippen LogP contribution < -0.4 is 20.8 Å². The number of hydrogen-bond donors (Lipinski definition) is 4. The molecule has 0 aliphatic heterocycles. The van der Waals surface area contributed by atoms with Gasteiger partial charge in [-0.1, -0.05) is 6.07 Å². The lowest BCUT2D eigenvalue weighted by molar-refractivity contribution is -1.42. The average molecular weight is 211 g/mol. The van der Waals surface area contributed by atoms with Crippen molar-refractivity contribution in [1.82, 2.24) is 0 Å². The summed E-state index contributed by atoms with van der Waals surface area (Å²) in [7, 11) is 3.24. The molecule has 0 aromatic heterocycles. The third-order valence-corrected chi connectivity index (χ3v) is 1.86. The number of rotatable bonds is 4. The van der Waals surface area contributed by atoms with Crippen LogP contribution in [0.25, 0.3) is 17.5 Å². The van der Waals surface area contributed by atoms with Gasteiger partial charge in [-0.3, -0.25) is 5.12 Å². The van der Waals surface area contributed by atoms with Gasteiger partial charge in [0.25, 0.3) is 0 Å². The molecule has 7 nitrogen and oxygen atoms in total. The van der Waals surface area contributed by atoms with Gasteiger partial charge in [-0.2, -0.15) is 0 Å². The quantitative estimate of drug-likeness (QED) is 0.442. The van der Waals surface area contributed by atoms with E-state index in [-0.39, 0.29) is 10.2 Å². The first-order valence-electron chi connectivity index (χ1n) is 4.57. The molecular formula is C8H17N7. The number of hydrogen-bond acceptors (Lipinski definition) is 1. The Balaban J connectivity index is 2.82. The van der Waals surface area contributed by atoms with E-state index in [0.717, 1.165) is 5.69 Å². The lowest BCUT2D eigenvalue weighted by Gasteiger charge is -2.29. The molecule has 3 unspecified atom stereocenters. The Morgan fingerprint density at radius 2 is 1.80 bits per heavy atom. The Morgan fingerprint density at radius 3 is 2.33 bits per heavy atom. The summed E-state index contributed by atoms with van der Waals surface area (Å²) in [4.78, 5) is 0. The van der Waals surface area contributed by atoms with Gasteiger partial charge in [0.05, 0.1) is 19.8 Å². The van der Waals surface area contributed by atoms with E-state index in [1.807, 2.05) is 6.07 Å². The largest absolute Gasteiger partial charge is 0.443 e. The van der Waals surface area contributed by atoms with Crippen LogP contribution in [0.15, 0.2) is 24.3 Å². The van der Waals surface area contributed by atoms with Crippen LogP contribution in [0.1, 0.15) is 0 Å². The summed E-state index contributed by atoms with van der Waals surface area (Å²) >= 11 is 0. The van der Waals surface area contributed by atoms with Crippen molar-refractivity contribution >= 4 is 11.4 Å². The molecule has 1 aromatic rings. The standard InChI is InChI=1S/C8H17N7/c1-13(9)12-7-4-3-5-8(6-7)15(11)14(2)10/h3-6,9-15H,1-2H3. The van der Waals surface area contributed by atoms with Crippen molar-refractivity contribution in [2.75, 3.05) is 19.5 Å². The highest BCUT2D eigenvalue weighted by atomic mass is 15.8. The predicted octanol–water partition coefficient (Wildman–Crippen LogP) is -1.62. The van der Waals surface area contributed by atoms with Crippen LogP contribution in [0, 0.1) is 0 Å². The summed E-state index contributed by atoms with van der Waals surface area (Å²) in [6.45, 7) is 0. The van der Waals surface area contributed by atoms with Crippen molar-refractivity contribution in [3.8, 4) is 0 Å². The molecule has 0 radical (unpaired) electrons. The maximum Gasteiger partial charge on any atom is 0.170 e. The third kappa shape index (κ3) is 3.44. The monoisotopic (exact) mass is 211 g/mol. The number of quaternary nitrogens is 3. The first-order valence-corrected chi connectivity index (χ1v) is 4.57. The van der Waals surface area contributed by atoms with E-state index in [1.54, 1.807) is 32.3 Å². The van der Waals surface area contributed by atoms with Crippen LogP contribution >= 0.6 is 0 Å². The molecule has 0 amide bonds. The molecule has 1 aromatic carbocycles. The van der Waals surface area contributed by atoms with Gasteiger partial charge in [0, 0.05) is 12.1 Å². The summed E-state index contributed by atoms with van der Waals surface area (Å²) in [6, 6.07) is 7.18. The highest BCUT2D eigenvalue weighted by Gasteiger charge is 2.05. The van der Waals surface area contributed by atoms with Crippen LogP contribution in [-0.4, -0.2) is 14.1 Å². The zero-order chi connectivity index (χ0) is 11.4. The van der Waals surface area contributed by atoms with Gasteiger partial charge in [-0.15, -0.1) is 0 Å². The summed E-state index contributed by atoms with van der Waals surface area (Å²) in [5.74, 6) is 22.3. The van der Waals surface area contributed by atoms with Gasteiger partial charge < -0.3 is 22.6 Å². The van der Waals surface area contributed by atoms with Crippen LogP contribution in [0.3, 0.4) is 0 Å². The SMILES string of the molecule is C[NH+]([NH-])Nc1cccc([NH+]([NH-])[NH+](C)[NH-])c1. The molecule has 0 saturated carbocycles. The fourth-order valence-corrected chi connectivity index (χ4v) is 1.19. The molecule has 7 heteroatoms. The van der Waals surface area contributed by atoms with Crippen molar-refractivity contribution in [3.05, 3.63) is 41.8 Å². The minimum absolute atomic E-state index is 0.210. The highest BCUT2D eigenvalue weighted by Crippen LogP contribution is 2.09. The Morgan fingerprint density at radius 1 is 1.13 bits per heavy atom. The second kappa shape index (κ2) is 5.03. The van der Waals surface area contributed by atoms with Crippen molar-refractivity contribution < 1.29 is 15.4 Å². The van der Waals surface area contributed by atoms with E-state index >= 15 is 0 Å². The lowest BCUT2D eigenvalue weighted by atomic mass is 10.3. The molecule has 15 heavy (non-hydrogen) atoms. The summed E-state index contributed by atoms with van der Waals surface area (Å²) < 4.78 is 0. The maximum absolute atomic E-state index is 7.66. The van der Waals surface area contributed by atoms with Crippen molar-refractivity contribution in [1.29, 1.82) is 0 Å². The molecule has 84 valence electrons. The molecule has 0 aliphatic carbocycles. The lowest BCUT2D eigenvalue weighted by Crippen LogP contribution is -3.50. The number of benzene rings is 1. The molecule has 7 N–H and O–H groups in total. The van der Waals surface area contributed by atoms with Crippen LogP contribution in [0.2, 0.25) is 0 Å². The fraction of sp³-hybridized carbons (Fsp3) is 0.250. The van der Waals surface area contributed by atoms with Crippen LogP contribution in [0.4, 0.5) is 11.4 Å². The summed E-state index contributed by atoms with van der Waals surface area (Å²) in [5, 5.41) is 0.797. The summed E-state index contributed by atoms with van der Waals surface area (Å²) in [6.07, 6.45) is 0. The van der Waals surface area contributed by atoms with Gasteiger partial charge in [-0.05, 0) is 6.07 Å². The van der Waals surface area contributed by atoms with Crippen LogP contribution in [-0.2, 0) is 0 Å². The molecule has 0 aliphatic rings. The third-order valence-electron chi connectivity index (χ3n) is 1.86. The normalized spacial score (nSPS) is 16.9. The van der Waals surface area contributed by atoms with E-state index in [9.17, 15) is 0 Å². The molecule has 0 saturated heterocycles. The van der Waals surface area contributed by atoms with Gasteiger partial charge in [0.15, 0.2) is 5.69 Å². The van der Waals surface area contributed by atoms with Gasteiger partial charge >= 0.3 is 0 Å². The molecule has 0 spiro atoms. The zero-order valence-electron chi connectivity index (χ0n) is 8.81. The topological polar surface area (TPSA) is 96.8 Å². The predicted molar refractivity (Wildman–Crippen MR) is 57.4 cm³/mol. The van der Waals surface area contributed by atoms with Gasteiger partial charge in [0.2, 0.25) is 0 Å². The average Bonchev–Trinajstić information content (AvgIpc) is 2.16. The van der Waals surface area contributed by atoms with Crippen molar-refractivity contribution in [2.24, 2.45) is 0 Å². The fourth-order valence-electron chi connectivity index (χ4n) is 1.19. The van der Waals surface area contributed by atoms with E-state index in [4.69, 9.17) is 17.5 Å². The Kier molecular flexibility index (Phi) is 3.97. The molecule has 1 rings (SSSR count). The van der Waals surface area contributed by atoms with Gasteiger partial charge in [0.1, 0.15) is 0 Å². The smallest absolute Gasteiger partial charge is 0.170 e. The Hall–Kier alpha value is -1.22. The van der Waals surface area contributed by atoms with E-state index in [1.165, 1.54) is 0 Å². The van der Waals surface area contributed by atoms with E-state index < -0.39 is 0 Å². The zero-order valence-corrected chi connectivity index (χ0v) is 8.81. The first kappa shape index (κ1) is 11.9. The molecular weight excluding hydrogens is 194 g/mol. The number of nitrogens with one attached hydrogen (secondary N) is 7. The second-order valence-corrected chi connectivity index (χ2v) is 3.33. The minimum Gasteiger partial charge on any atom is -0.443 e.